The molecule has 1 aromatic heterocycles. The second-order valence-corrected chi connectivity index (χ2v) is 7.89. The van der Waals surface area contributed by atoms with Gasteiger partial charge in [0.2, 0.25) is 11.1 Å². The zero-order valence-electron chi connectivity index (χ0n) is 14.8. The maximum atomic E-state index is 13.1. The van der Waals surface area contributed by atoms with Gasteiger partial charge in [-0.1, -0.05) is 59.8 Å². The number of hydrogen-bond acceptors (Lipinski definition) is 5. The third-order valence-electron chi connectivity index (χ3n) is 4.45. The first-order valence-corrected chi connectivity index (χ1v) is 9.76. The topological polar surface area (TPSA) is 71.8 Å². The van der Waals surface area contributed by atoms with Crippen LogP contribution in [0.5, 0.6) is 0 Å². The van der Waals surface area contributed by atoms with E-state index in [4.69, 9.17) is 11.6 Å². The zero-order chi connectivity index (χ0) is 19.0. The molecule has 0 saturated carbocycles. The summed E-state index contributed by atoms with van der Waals surface area (Å²) in [6.07, 6.45) is 0. The molecule has 0 spiro atoms. The van der Waals surface area contributed by atoms with Crippen molar-refractivity contribution in [3.8, 4) is 0 Å². The van der Waals surface area contributed by atoms with Gasteiger partial charge in [0.05, 0.1) is 6.04 Å². The Hall–Kier alpha value is -2.51. The highest BCUT2D eigenvalue weighted by atomic mass is 35.5. The van der Waals surface area contributed by atoms with Crippen LogP contribution >= 0.6 is 23.4 Å². The minimum absolute atomic E-state index is 0.117. The summed E-state index contributed by atoms with van der Waals surface area (Å²) in [6.45, 7) is 3.80. The summed E-state index contributed by atoms with van der Waals surface area (Å²) in [5, 5.41) is 12.1. The summed E-state index contributed by atoms with van der Waals surface area (Å²) in [5.41, 5.74) is 6.04. The summed E-state index contributed by atoms with van der Waals surface area (Å²) in [5.74, 6) is 0.635. The summed E-state index contributed by atoms with van der Waals surface area (Å²) in [4.78, 5) is 13.1. The third-order valence-corrected chi connectivity index (χ3v) is 6.08. The van der Waals surface area contributed by atoms with E-state index in [-0.39, 0.29) is 11.9 Å². The molecule has 27 heavy (non-hydrogen) atoms. The Morgan fingerprint density at radius 2 is 1.96 bits per heavy atom. The molecule has 0 fully saturated rings. The molecule has 0 bridgehead atoms. The molecule has 1 aliphatic rings. The van der Waals surface area contributed by atoms with Gasteiger partial charge in [0.1, 0.15) is 11.1 Å². The minimum atomic E-state index is -0.413. The van der Waals surface area contributed by atoms with Crippen LogP contribution in [0.3, 0.4) is 0 Å². The Balaban J connectivity index is 1.65. The number of aryl methyl sites for hydroxylation is 2. The first kappa shape index (κ1) is 17.9. The molecule has 8 heteroatoms. The lowest BCUT2D eigenvalue weighted by Gasteiger charge is -2.32. The van der Waals surface area contributed by atoms with Gasteiger partial charge in [0.25, 0.3) is 0 Å². The molecule has 0 saturated heterocycles. The highest BCUT2D eigenvalue weighted by Gasteiger charge is 2.37. The molecular formula is C19H18ClN5OS. The van der Waals surface area contributed by atoms with Crippen molar-refractivity contribution in [1.82, 2.24) is 14.9 Å². The number of aromatic nitrogens is 3. The van der Waals surface area contributed by atoms with E-state index in [1.807, 2.05) is 61.0 Å². The molecule has 2 heterocycles. The van der Waals surface area contributed by atoms with Gasteiger partial charge in [0.15, 0.2) is 0 Å². The second kappa shape index (κ2) is 7.25. The fourth-order valence-corrected chi connectivity index (χ4v) is 4.26. The van der Waals surface area contributed by atoms with E-state index >= 15 is 0 Å². The van der Waals surface area contributed by atoms with E-state index in [1.54, 1.807) is 6.07 Å². The molecule has 0 unspecified atom stereocenters. The van der Waals surface area contributed by atoms with Crippen LogP contribution in [0.15, 0.2) is 53.7 Å². The van der Waals surface area contributed by atoms with Crippen LogP contribution in [0.1, 0.15) is 23.0 Å². The quantitative estimate of drug-likeness (QED) is 0.697. The van der Waals surface area contributed by atoms with Gasteiger partial charge in [-0.25, -0.2) is 4.68 Å². The smallest absolute Gasteiger partial charge is 0.240 e. The molecule has 0 aliphatic carbocycles. The Kier molecular flexibility index (Phi) is 4.80. The van der Waals surface area contributed by atoms with Crippen molar-refractivity contribution in [2.24, 2.45) is 0 Å². The summed E-state index contributed by atoms with van der Waals surface area (Å²) >= 11 is 7.58. The Bertz CT molecular complexity index is 991. The van der Waals surface area contributed by atoms with E-state index in [0.717, 1.165) is 17.0 Å². The van der Waals surface area contributed by atoms with Crippen LogP contribution in [0, 0.1) is 13.8 Å². The summed E-state index contributed by atoms with van der Waals surface area (Å²) in [6, 6.07) is 15.2. The number of nitrogens with zero attached hydrogens (tertiary/aromatic N) is 3. The number of halogens is 1. The Labute approximate surface area is 166 Å². The lowest BCUT2D eigenvalue weighted by Crippen LogP contribution is -2.41. The number of benzene rings is 2. The van der Waals surface area contributed by atoms with Crippen LogP contribution in [0.4, 0.5) is 5.69 Å². The molecule has 2 N–H and O–H groups in total. The van der Waals surface area contributed by atoms with E-state index in [9.17, 15) is 4.79 Å². The number of fused-ring (bicyclic) bond motifs is 1. The van der Waals surface area contributed by atoms with Crippen molar-refractivity contribution in [3.63, 3.8) is 0 Å². The van der Waals surface area contributed by atoms with E-state index in [1.165, 1.54) is 11.8 Å². The number of thioether (sulfide) groups is 1. The van der Waals surface area contributed by atoms with Crippen LogP contribution in [0.2, 0.25) is 5.02 Å². The lowest BCUT2D eigenvalue weighted by molar-refractivity contribution is -0.116. The number of hydrogen-bond donors (Lipinski definition) is 2. The fraction of sp³-hybridized carbons (Fsp3) is 0.211. The minimum Gasteiger partial charge on any atom is -0.325 e. The molecule has 4 rings (SSSR count). The molecule has 2 aromatic carbocycles. The van der Waals surface area contributed by atoms with Gasteiger partial charge in [-0.05, 0) is 37.1 Å². The van der Waals surface area contributed by atoms with Crippen molar-refractivity contribution in [2.45, 2.75) is 30.3 Å². The predicted octanol–water partition coefficient (Wildman–Crippen LogP) is 3.95. The van der Waals surface area contributed by atoms with E-state index < -0.39 is 5.25 Å². The van der Waals surface area contributed by atoms with Gasteiger partial charge in [0, 0.05) is 10.7 Å². The fourth-order valence-electron chi connectivity index (χ4n) is 2.95. The molecule has 6 nitrogen and oxygen atoms in total. The van der Waals surface area contributed by atoms with Crippen molar-refractivity contribution in [2.75, 3.05) is 10.7 Å². The summed E-state index contributed by atoms with van der Waals surface area (Å²) in [7, 11) is 0. The average Bonchev–Trinajstić information content (AvgIpc) is 3.04. The molecule has 1 amide bonds. The monoisotopic (exact) mass is 399 g/mol. The number of nitrogens with one attached hydrogen (secondary N) is 2. The van der Waals surface area contributed by atoms with Crippen molar-refractivity contribution < 1.29 is 4.79 Å². The highest BCUT2D eigenvalue weighted by Crippen LogP contribution is 2.37. The number of carbonyl (C=O) groups excluding carboxylic acids is 1. The van der Waals surface area contributed by atoms with Gasteiger partial charge >= 0.3 is 0 Å². The average molecular weight is 400 g/mol. The molecular weight excluding hydrogens is 382 g/mol. The standard InChI is InChI=1S/C19H18ClN5OS/c1-11-8-9-14(10-15(11)20)21-18(26)17-16(13-6-4-3-5-7-13)24-25-12(2)22-23-19(25)27-17/h3-10,16-17,24H,1-2H3,(H,21,26)/t16-,17-/m0/s1. The highest BCUT2D eigenvalue weighted by molar-refractivity contribution is 8.00. The molecule has 138 valence electrons. The van der Waals surface area contributed by atoms with Crippen LogP contribution in [-0.2, 0) is 4.79 Å². The SMILES string of the molecule is Cc1ccc(NC(=O)[C@H]2Sc3nnc(C)n3N[C@H]2c2ccccc2)cc1Cl. The first-order valence-electron chi connectivity index (χ1n) is 8.50. The zero-order valence-corrected chi connectivity index (χ0v) is 16.4. The number of amides is 1. The third kappa shape index (κ3) is 3.52. The van der Waals surface area contributed by atoms with E-state index in [2.05, 4.69) is 20.9 Å². The maximum absolute atomic E-state index is 13.1. The Morgan fingerprint density at radius 3 is 2.70 bits per heavy atom. The van der Waals surface area contributed by atoms with Crippen LogP contribution in [0.25, 0.3) is 0 Å². The lowest BCUT2D eigenvalue weighted by atomic mass is 10.0. The Morgan fingerprint density at radius 1 is 1.19 bits per heavy atom. The van der Waals surface area contributed by atoms with Gasteiger partial charge in [-0.2, -0.15) is 0 Å². The summed E-state index contributed by atoms with van der Waals surface area (Å²) < 4.78 is 1.83. The predicted molar refractivity (Wildman–Crippen MR) is 108 cm³/mol. The van der Waals surface area contributed by atoms with Crippen molar-refractivity contribution in [1.29, 1.82) is 0 Å². The maximum Gasteiger partial charge on any atom is 0.240 e. The van der Waals surface area contributed by atoms with E-state index in [0.29, 0.717) is 15.9 Å². The van der Waals surface area contributed by atoms with Crippen LogP contribution < -0.4 is 10.7 Å². The van der Waals surface area contributed by atoms with Gasteiger partial charge in [-0.15, -0.1) is 10.2 Å². The van der Waals surface area contributed by atoms with Crippen molar-refractivity contribution >= 4 is 35.0 Å². The molecule has 0 radical (unpaired) electrons. The normalized spacial score (nSPS) is 18.5. The number of carbonyl (C=O) groups is 1. The molecule has 1 aliphatic heterocycles. The second-order valence-electron chi connectivity index (χ2n) is 6.37. The molecule has 3 aromatic rings. The van der Waals surface area contributed by atoms with Crippen molar-refractivity contribution in [3.05, 3.63) is 70.5 Å². The van der Waals surface area contributed by atoms with Gasteiger partial charge < -0.3 is 10.7 Å². The molecule has 2 atom stereocenters. The van der Waals surface area contributed by atoms with Crippen LogP contribution in [-0.4, -0.2) is 26.0 Å². The number of anilines is 1. The largest absolute Gasteiger partial charge is 0.325 e. The number of rotatable bonds is 3. The first-order chi connectivity index (χ1) is 13.0. The van der Waals surface area contributed by atoms with Gasteiger partial charge in [-0.3, -0.25) is 4.79 Å².